The molecule has 3 nitrogen and oxygen atoms in total. The van der Waals surface area contributed by atoms with Crippen LogP contribution in [-0.4, -0.2) is 17.7 Å². The lowest BCUT2D eigenvalue weighted by Gasteiger charge is -2.12. The van der Waals surface area contributed by atoms with Crippen molar-refractivity contribution in [3.8, 4) is 5.75 Å². The van der Waals surface area contributed by atoms with Crippen LogP contribution >= 0.6 is 75.0 Å². The molecule has 0 spiro atoms. The maximum atomic E-state index is 10.5. The molecule has 1 aromatic rings. The fourth-order valence-corrected chi connectivity index (χ4v) is 4.35. The van der Waals surface area contributed by atoms with Gasteiger partial charge in [0.15, 0.2) is 6.61 Å². The first-order valence-corrected chi connectivity index (χ1v) is 12.0. The van der Waals surface area contributed by atoms with Crippen LogP contribution in [0.3, 0.4) is 0 Å². The van der Waals surface area contributed by atoms with Gasteiger partial charge in [-0.1, -0.05) is 0 Å². The average Bonchev–Trinajstić information content (AvgIpc) is 2.34. The highest BCUT2D eigenvalue weighted by atomic mass is 79.9. The van der Waals surface area contributed by atoms with Crippen molar-refractivity contribution in [1.29, 1.82) is 0 Å². The predicted octanol–water partition coefficient (Wildman–Crippen LogP) is 5.36. The molecule has 0 amide bonds. The van der Waals surface area contributed by atoms with Crippen LogP contribution in [-0.2, 0) is 4.79 Å². The maximum Gasteiger partial charge on any atom is 0.341 e. The van der Waals surface area contributed by atoms with E-state index in [2.05, 4.69) is 44.4 Å². The second-order valence-corrected chi connectivity index (χ2v) is 7.39. The average molecular weight is 485 g/mol. The van der Waals surface area contributed by atoms with E-state index in [9.17, 15) is 4.79 Å². The number of hydrogen-bond donors (Lipinski definition) is 1. The van der Waals surface area contributed by atoms with Crippen molar-refractivity contribution in [3.05, 3.63) is 12.1 Å². The minimum absolute atomic E-state index is 0.359. The van der Waals surface area contributed by atoms with Crippen molar-refractivity contribution < 1.29 is 14.6 Å². The second kappa shape index (κ2) is 8.21. The summed E-state index contributed by atoms with van der Waals surface area (Å²) in [5.74, 6) is -0.443. The number of carboxylic acid groups (broad SMARTS) is 1. The molecule has 0 aliphatic heterocycles. The fourth-order valence-electron chi connectivity index (χ4n) is 0.988. The lowest BCUT2D eigenvalue weighted by atomic mass is 10.3. The van der Waals surface area contributed by atoms with Gasteiger partial charge in [0.25, 0.3) is 0 Å². The van der Waals surface area contributed by atoms with Gasteiger partial charge in [-0.2, -0.15) is 0 Å². The molecule has 0 fully saturated rings. The van der Waals surface area contributed by atoms with Crippen molar-refractivity contribution in [2.75, 3.05) is 6.61 Å². The van der Waals surface area contributed by atoms with Crippen LogP contribution < -0.4 is 4.74 Å². The van der Waals surface area contributed by atoms with E-state index < -0.39 is 5.97 Å². The third-order valence-electron chi connectivity index (χ3n) is 1.59. The van der Waals surface area contributed by atoms with Crippen LogP contribution in [0.1, 0.15) is 0 Å². The van der Waals surface area contributed by atoms with Crippen molar-refractivity contribution in [2.45, 2.75) is 14.7 Å². The standard InChI is InChI=1S/C8H5Br3O3S3/c9-15-4-1-5(16-10)8(6(2-4)17-11)14-3-7(12)13/h1-2H,3H2,(H,12,13). The first kappa shape index (κ1) is 16.0. The van der Waals surface area contributed by atoms with E-state index in [0.717, 1.165) is 14.7 Å². The summed E-state index contributed by atoms with van der Waals surface area (Å²) in [6.07, 6.45) is 0. The number of aliphatic carboxylic acids is 1. The number of ether oxygens (including phenoxy) is 1. The Hall–Kier alpha value is 0.980. The second-order valence-electron chi connectivity index (χ2n) is 2.66. The Kier molecular flexibility index (Phi) is 7.75. The summed E-state index contributed by atoms with van der Waals surface area (Å²) < 4.78 is 5.29. The van der Waals surface area contributed by atoms with Crippen molar-refractivity contribution in [1.82, 2.24) is 0 Å². The molecule has 94 valence electrons. The Morgan fingerprint density at radius 1 is 1.18 bits per heavy atom. The summed E-state index contributed by atoms with van der Waals surface area (Å²) in [6, 6.07) is 3.81. The van der Waals surface area contributed by atoms with Gasteiger partial charge in [0, 0.05) is 4.90 Å². The lowest BCUT2D eigenvalue weighted by Crippen LogP contribution is -2.10. The van der Waals surface area contributed by atoms with Crippen LogP contribution in [0.4, 0.5) is 0 Å². The molecule has 0 radical (unpaired) electrons. The molecule has 1 aromatic carbocycles. The Bertz CT molecular complexity index is 391. The van der Waals surface area contributed by atoms with Gasteiger partial charge in [-0.15, -0.1) is 0 Å². The molecular formula is C8H5Br3O3S3. The molecular weight excluding hydrogens is 480 g/mol. The highest BCUT2D eigenvalue weighted by Gasteiger charge is 2.14. The first-order valence-electron chi connectivity index (χ1n) is 4.00. The maximum absolute atomic E-state index is 10.5. The highest BCUT2D eigenvalue weighted by Crippen LogP contribution is 2.45. The number of hydrogen-bond acceptors (Lipinski definition) is 5. The minimum atomic E-state index is -1.00. The monoisotopic (exact) mass is 482 g/mol. The third-order valence-corrected chi connectivity index (χ3v) is 6.16. The normalized spacial score (nSPS) is 10.3. The third kappa shape index (κ3) is 4.87. The van der Waals surface area contributed by atoms with Crippen LogP contribution in [0.25, 0.3) is 0 Å². The molecule has 0 heterocycles. The van der Waals surface area contributed by atoms with Crippen LogP contribution in [0.2, 0.25) is 0 Å². The Morgan fingerprint density at radius 3 is 2.06 bits per heavy atom. The van der Waals surface area contributed by atoms with E-state index in [1.54, 1.807) is 0 Å². The van der Waals surface area contributed by atoms with E-state index in [0.29, 0.717) is 5.75 Å². The molecule has 0 saturated heterocycles. The molecule has 1 rings (SSSR count). The van der Waals surface area contributed by atoms with Crippen LogP contribution in [0.15, 0.2) is 26.8 Å². The summed E-state index contributed by atoms with van der Waals surface area (Å²) in [4.78, 5) is 13.2. The van der Waals surface area contributed by atoms with E-state index >= 15 is 0 Å². The molecule has 0 aromatic heterocycles. The van der Waals surface area contributed by atoms with E-state index in [1.807, 2.05) is 12.1 Å². The predicted molar refractivity (Wildman–Crippen MR) is 83.9 cm³/mol. The Morgan fingerprint density at radius 2 is 1.71 bits per heavy atom. The Labute approximate surface area is 133 Å². The van der Waals surface area contributed by atoms with Crippen LogP contribution in [0, 0.1) is 0 Å². The van der Waals surface area contributed by atoms with Gasteiger partial charge in [-0.05, 0) is 87.2 Å². The Balaban J connectivity index is 3.10. The number of rotatable bonds is 6. The summed E-state index contributed by atoms with van der Waals surface area (Å²) in [6.45, 7) is -0.359. The van der Waals surface area contributed by atoms with E-state index in [4.69, 9.17) is 9.84 Å². The molecule has 9 heteroatoms. The van der Waals surface area contributed by atoms with Crippen molar-refractivity contribution >= 4 is 81.0 Å². The topological polar surface area (TPSA) is 46.5 Å². The minimum Gasteiger partial charge on any atom is -0.479 e. The fraction of sp³-hybridized carbons (Fsp3) is 0.125. The van der Waals surface area contributed by atoms with E-state index in [-0.39, 0.29) is 6.61 Å². The SMILES string of the molecule is O=C(O)COc1c(SBr)cc(SBr)cc1SBr. The van der Waals surface area contributed by atoms with Gasteiger partial charge in [0.05, 0.1) is 9.79 Å². The molecule has 0 aliphatic carbocycles. The molecule has 0 aliphatic rings. The van der Waals surface area contributed by atoms with Crippen molar-refractivity contribution in [2.24, 2.45) is 0 Å². The quantitative estimate of drug-likeness (QED) is 0.586. The van der Waals surface area contributed by atoms with Gasteiger partial charge in [0.2, 0.25) is 0 Å². The molecule has 17 heavy (non-hydrogen) atoms. The molecule has 0 unspecified atom stereocenters. The van der Waals surface area contributed by atoms with Gasteiger partial charge >= 0.3 is 5.97 Å². The molecule has 0 bridgehead atoms. The van der Waals surface area contributed by atoms with Gasteiger partial charge in [-0.3, -0.25) is 0 Å². The zero-order valence-corrected chi connectivity index (χ0v) is 15.2. The number of carbonyl (C=O) groups is 1. The van der Waals surface area contributed by atoms with Crippen LogP contribution in [0.5, 0.6) is 5.75 Å². The van der Waals surface area contributed by atoms with Crippen molar-refractivity contribution in [3.63, 3.8) is 0 Å². The smallest absolute Gasteiger partial charge is 0.341 e. The summed E-state index contributed by atoms with van der Waals surface area (Å²) >= 11 is 9.87. The zero-order valence-electron chi connectivity index (χ0n) is 7.98. The summed E-state index contributed by atoms with van der Waals surface area (Å²) in [5, 5.41) is 8.63. The van der Waals surface area contributed by atoms with E-state index in [1.165, 1.54) is 30.6 Å². The summed E-state index contributed by atoms with van der Waals surface area (Å²) in [7, 11) is 4.10. The van der Waals surface area contributed by atoms with Gasteiger partial charge in [-0.25, -0.2) is 4.79 Å². The molecule has 0 atom stereocenters. The number of benzene rings is 1. The molecule has 0 saturated carbocycles. The summed E-state index contributed by atoms with van der Waals surface area (Å²) in [5.41, 5.74) is 0. The highest BCUT2D eigenvalue weighted by molar-refractivity contribution is 9.50. The van der Waals surface area contributed by atoms with Gasteiger partial charge in [0.1, 0.15) is 5.75 Å². The number of carboxylic acids is 1. The first-order chi connectivity index (χ1) is 8.12. The lowest BCUT2D eigenvalue weighted by molar-refractivity contribution is -0.139. The zero-order chi connectivity index (χ0) is 12.8. The van der Waals surface area contributed by atoms with Gasteiger partial charge < -0.3 is 9.84 Å². The molecule has 1 N–H and O–H groups in total. The number of halogens is 3. The largest absolute Gasteiger partial charge is 0.479 e.